The van der Waals surface area contributed by atoms with Crippen molar-refractivity contribution in [2.75, 3.05) is 39.3 Å². The van der Waals surface area contributed by atoms with Gasteiger partial charge in [0, 0.05) is 24.7 Å². The summed E-state index contributed by atoms with van der Waals surface area (Å²) >= 11 is 0. The SMILES string of the molecule is CCN1CCC(CN)(N2CC(C)OCC2C)CC1. The van der Waals surface area contributed by atoms with Crippen molar-refractivity contribution in [3.8, 4) is 0 Å². The number of morpholine rings is 1. The van der Waals surface area contributed by atoms with Crippen LogP contribution in [0.25, 0.3) is 0 Å². The second-order valence-corrected chi connectivity index (χ2v) is 6.01. The van der Waals surface area contributed by atoms with Crippen LogP contribution in [0.2, 0.25) is 0 Å². The molecule has 2 N–H and O–H groups in total. The van der Waals surface area contributed by atoms with Gasteiger partial charge in [0.2, 0.25) is 0 Å². The van der Waals surface area contributed by atoms with Crippen molar-refractivity contribution < 1.29 is 4.74 Å². The van der Waals surface area contributed by atoms with E-state index in [2.05, 4.69) is 30.6 Å². The number of nitrogens with two attached hydrogens (primary N) is 1. The topological polar surface area (TPSA) is 41.7 Å². The van der Waals surface area contributed by atoms with Crippen LogP contribution in [0.3, 0.4) is 0 Å². The van der Waals surface area contributed by atoms with Crippen molar-refractivity contribution in [2.45, 2.75) is 51.3 Å². The molecule has 2 rings (SSSR count). The van der Waals surface area contributed by atoms with Crippen LogP contribution < -0.4 is 5.73 Å². The van der Waals surface area contributed by atoms with Gasteiger partial charge in [-0.3, -0.25) is 4.90 Å². The Kier molecular flexibility index (Phi) is 4.64. The molecule has 2 heterocycles. The molecule has 0 radical (unpaired) electrons. The Morgan fingerprint density at radius 3 is 2.50 bits per heavy atom. The molecular weight excluding hydrogens is 226 g/mol. The smallest absolute Gasteiger partial charge is 0.0675 e. The summed E-state index contributed by atoms with van der Waals surface area (Å²) in [7, 11) is 0. The highest BCUT2D eigenvalue weighted by Crippen LogP contribution is 2.32. The molecule has 0 saturated carbocycles. The van der Waals surface area contributed by atoms with Crippen LogP contribution in [0.5, 0.6) is 0 Å². The van der Waals surface area contributed by atoms with E-state index in [0.717, 1.165) is 26.2 Å². The first-order valence-electron chi connectivity index (χ1n) is 7.42. The fourth-order valence-electron chi connectivity index (χ4n) is 3.46. The molecule has 18 heavy (non-hydrogen) atoms. The van der Waals surface area contributed by atoms with Gasteiger partial charge in [-0.05, 0) is 46.3 Å². The van der Waals surface area contributed by atoms with E-state index < -0.39 is 0 Å². The van der Waals surface area contributed by atoms with Gasteiger partial charge in [0.25, 0.3) is 0 Å². The molecule has 0 aliphatic carbocycles. The minimum Gasteiger partial charge on any atom is -0.376 e. The molecule has 0 spiro atoms. The number of hydrogen-bond acceptors (Lipinski definition) is 4. The average Bonchev–Trinajstić information content (AvgIpc) is 2.41. The van der Waals surface area contributed by atoms with E-state index in [4.69, 9.17) is 10.5 Å². The number of nitrogens with zero attached hydrogens (tertiary/aromatic N) is 2. The lowest BCUT2D eigenvalue weighted by Crippen LogP contribution is -2.65. The quantitative estimate of drug-likeness (QED) is 0.814. The van der Waals surface area contributed by atoms with Crippen molar-refractivity contribution in [1.82, 2.24) is 9.80 Å². The maximum absolute atomic E-state index is 6.16. The first kappa shape index (κ1) is 14.3. The lowest BCUT2D eigenvalue weighted by Gasteiger charge is -2.53. The van der Waals surface area contributed by atoms with Gasteiger partial charge in [-0.2, -0.15) is 0 Å². The van der Waals surface area contributed by atoms with Gasteiger partial charge in [0.15, 0.2) is 0 Å². The van der Waals surface area contributed by atoms with Crippen LogP contribution in [-0.4, -0.2) is 66.8 Å². The van der Waals surface area contributed by atoms with Gasteiger partial charge in [-0.15, -0.1) is 0 Å². The maximum Gasteiger partial charge on any atom is 0.0675 e. The van der Waals surface area contributed by atoms with Gasteiger partial charge < -0.3 is 15.4 Å². The Balaban J connectivity index is 2.07. The molecule has 0 amide bonds. The summed E-state index contributed by atoms with van der Waals surface area (Å²) in [6, 6.07) is 0.498. The Hall–Kier alpha value is -0.160. The van der Waals surface area contributed by atoms with Crippen LogP contribution in [0.4, 0.5) is 0 Å². The summed E-state index contributed by atoms with van der Waals surface area (Å²) in [4.78, 5) is 5.16. The van der Waals surface area contributed by atoms with E-state index >= 15 is 0 Å². The molecular formula is C14H29N3O. The standard InChI is InChI=1S/C14H29N3O/c1-4-16-7-5-14(11-15,6-8-16)17-9-13(3)18-10-12(17)2/h12-13H,4-11,15H2,1-3H3. The third-order valence-corrected chi connectivity index (χ3v) is 4.83. The molecule has 0 bridgehead atoms. The fraction of sp³-hybridized carbons (Fsp3) is 1.00. The van der Waals surface area contributed by atoms with E-state index in [9.17, 15) is 0 Å². The summed E-state index contributed by atoms with van der Waals surface area (Å²) < 4.78 is 5.75. The van der Waals surface area contributed by atoms with Crippen molar-refractivity contribution >= 4 is 0 Å². The van der Waals surface area contributed by atoms with Gasteiger partial charge in [-0.1, -0.05) is 6.92 Å². The number of piperidine rings is 1. The Labute approximate surface area is 111 Å². The first-order valence-corrected chi connectivity index (χ1v) is 7.42. The van der Waals surface area contributed by atoms with Gasteiger partial charge >= 0.3 is 0 Å². The largest absolute Gasteiger partial charge is 0.376 e. The first-order chi connectivity index (χ1) is 8.61. The zero-order valence-electron chi connectivity index (χ0n) is 12.2. The maximum atomic E-state index is 6.16. The zero-order chi connectivity index (χ0) is 13.2. The Morgan fingerprint density at radius 2 is 1.94 bits per heavy atom. The molecule has 0 aromatic heterocycles. The lowest BCUT2D eigenvalue weighted by molar-refractivity contribution is -0.106. The molecule has 2 aliphatic rings. The molecule has 2 saturated heterocycles. The van der Waals surface area contributed by atoms with E-state index in [-0.39, 0.29) is 5.54 Å². The molecule has 2 unspecified atom stereocenters. The van der Waals surface area contributed by atoms with E-state index in [0.29, 0.717) is 12.1 Å². The highest BCUT2D eigenvalue weighted by Gasteiger charge is 2.42. The molecule has 0 aromatic carbocycles. The molecule has 2 aliphatic heterocycles. The van der Waals surface area contributed by atoms with Crippen LogP contribution in [0.15, 0.2) is 0 Å². The summed E-state index contributed by atoms with van der Waals surface area (Å²) in [5.74, 6) is 0. The molecule has 2 fully saturated rings. The monoisotopic (exact) mass is 255 g/mol. The minimum absolute atomic E-state index is 0.211. The predicted octanol–water partition coefficient (Wildman–Crippen LogP) is 0.909. The van der Waals surface area contributed by atoms with Crippen LogP contribution in [-0.2, 0) is 4.74 Å². The van der Waals surface area contributed by atoms with Crippen molar-refractivity contribution in [3.05, 3.63) is 0 Å². The number of rotatable bonds is 3. The summed E-state index contributed by atoms with van der Waals surface area (Å²) in [6.07, 6.45) is 2.75. The summed E-state index contributed by atoms with van der Waals surface area (Å²) in [6.45, 7) is 12.9. The van der Waals surface area contributed by atoms with Crippen LogP contribution in [0, 0.1) is 0 Å². The second-order valence-electron chi connectivity index (χ2n) is 6.01. The number of likely N-dealkylation sites (tertiary alicyclic amines) is 1. The highest BCUT2D eigenvalue weighted by atomic mass is 16.5. The molecule has 4 nitrogen and oxygen atoms in total. The van der Waals surface area contributed by atoms with E-state index in [1.54, 1.807) is 0 Å². The fourth-order valence-corrected chi connectivity index (χ4v) is 3.46. The summed E-state index contributed by atoms with van der Waals surface area (Å²) in [5, 5.41) is 0. The minimum atomic E-state index is 0.211. The Bertz CT molecular complexity index is 264. The normalized spacial score (nSPS) is 34.7. The van der Waals surface area contributed by atoms with Gasteiger partial charge in [0.1, 0.15) is 0 Å². The molecule has 4 heteroatoms. The number of ether oxygens (including phenoxy) is 1. The molecule has 106 valence electrons. The Morgan fingerprint density at radius 1 is 1.28 bits per heavy atom. The average molecular weight is 255 g/mol. The molecule has 0 aromatic rings. The molecule has 2 atom stereocenters. The van der Waals surface area contributed by atoms with Gasteiger partial charge in [0.05, 0.1) is 12.7 Å². The summed E-state index contributed by atoms with van der Waals surface area (Å²) in [5.41, 5.74) is 6.37. The predicted molar refractivity (Wildman–Crippen MR) is 74.7 cm³/mol. The van der Waals surface area contributed by atoms with Crippen molar-refractivity contribution in [3.63, 3.8) is 0 Å². The van der Waals surface area contributed by atoms with Gasteiger partial charge in [-0.25, -0.2) is 0 Å². The zero-order valence-corrected chi connectivity index (χ0v) is 12.2. The third-order valence-electron chi connectivity index (χ3n) is 4.83. The van der Waals surface area contributed by atoms with E-state index in [1.807, 2.05) is 0 Å². The van der Waals surface area contributed by atoms with Crippen molar-refractivity contribution in [1.29, 1.82) is 0 Å². The third kappa shape index (κ3) is 2.72. The highest BCUT2D eigenvalue weighted by molar-refractivity contribution is 4.99. The van der Waals surface area contributed by atoms with Crippen molar-refractivity contribution in [2.24, 2.45) is 5.73 Å². The lowest BCUT2D eigenvalue weighted by atomic mass is 9.84. The second kappa shape index (κ2) is 5.87. The van der Waals surface area contributed by atoms with E-state index in [1.165, 1.54) is 25.9 Å². The van der Waals surface area contributed by atoms with Crippen LogP contribution in [0.1, 0.15) is 33.6 Å². The number of hydrogen-bond donors (Lipinski definition) is 1. The van der Waals surface area contributed by atoms with Crippen LogP contribution >= 0.6 is 0 Å².